The summed E-state index contributed by atoms with van der Waals surface area (Å²) < 4.78 is 4.98. The molecule has 0 aromatic heterocycles. The third kappa shape index (κ3) is 7.92. The zero-order valence-corrected chi connectivity index (χ0v) is 13.8. The molecule has 0 heterocycles. The van der Waals surface area contributed by atoms with Gasteiger partial charge >= 0.3 is 0 Å². The Morgan fingerprint density at radius 3 is 2.89 bits per heavy atom. The van der Waals surface area contributed by atoms with Crippen LogP contribution in [0.4, 0.5) is 0 Å². The fourth-order valence-electron chi connectivity index (χ4n) is 1.90. The topological polar surface area (TPSA) is 45.7 Å². The van der Waals surface area contributed by atoms with E-state index in [0.717, 1.165) is 25.5 Å². The van der Waals surface area contributed by atoms with Crippen molar-refractivity contribution in [3.63, 3.8) is 0 Å². The normalized spacial score (nSPS) is 15.0. The lowest BCUT2D eigenvalue weighted by Crippen LogP contribution is -2.38. The van der Waals surface area contributed by atoms with Crippen molar-refractivity contribution in [2.45, 2.75) is 32.6 Å². The molecule has 0 aromatic carbocycles. The second-order valence-electron chi connectivity index (χ2n) is 4.18. The van der Waals surface area contributed by atoms with Crippen molar-refractivity contribution >= 4 is 29.9 Å². The molecule has 0 fully saturated rings. The van der Waals surface area contributed by atoms with E-state index in [1.54, 1.807) is 12.7 Å². The molecule has 0 spiro atoms. The highest BCUT2D eigenvalue weighted by Crippen LogP contribution is 2.19. The van der Waals surface area contributed by atoms with Gasteiger partial charge in [0.15, 0.2) is 5.96 Å². The maximum atomic E-state index is 4.98. The lowest BCUT2D eigenvalue weighted by Gasteiger charge is -2.11. The number of nitrogens with zero attached hydrogens (tertiary/aromatic N) is 1. The number of halogens is 1. The first-order chi connectivity index (χ1) is 8.36. The molecule has 0 amide bonds. The van der Waals surface area contributed by atoms with Crippen LogP contribution in [-0.4, -0.2) is 39.3 Å². The Labute approximate surface area is 128 Å². The lowest BCUT2D eigenvalue weighted by atomic mass is 10.2. The molecule has 1 aliphatic carbocycles. The van der Waals surface area contributed by atoms with E-state index in [1.807, 2.05) is 0 Å². The van der Waals surface area contributed by atoms with Gasteiger partial charge in [-0.3, -0.25) is 4.99 Å². The Bertz CT molecular complexity index is 267. The van der Waals surface area contributed by atoms with Gasteiger partial charge in [0.05, 0.1) is 13.2 Å². The molecule has 0 aliphatic heterocycles. The van der Waals surface area contributed by atoms with Crippen LogP contribution in [0.25, 0.3) is 0 Å². The van der Waals surface area contributed by atoms with E-state index in [-0.39, 0.29) is 24.0 Å². The molecule has 4 nitrogen and oxygen atoms in total. The molecular formula is C13H26IN3O. The molecule has 0 bridgehead atoms. The highest BCUT2D eigenvalue weighted by atomic mass is 127. The Balaban J connectivity index is 0.00000289. The van der Waals surface area contributed by atoms with Gasteiger partial charge in [0.25, 0.3) is 0 Å². The van der Waals surface area contributed by atoms with Crippen molar-refractivity contribution < 1.29 is 4.74 Å². The quantitative estimate of drug-likeness (QED) is 0.239. The summed E-state index contributed by atoms with van der Waals surface area (Å²) >= 11 is 0. The van der Waals surface area contributed by atoms with E-state index in [2.05, 4.69) is 28.6 Å². The largest absolute Gasteiger partial charge is 0.383 e. The summed E-state index contributed by atoms with van der Waals surface area (Å²) in [5, 5.41) is 6.58. The number of ether oxygens (including phenoxy) is 1. The second kappa shape index (κ2) is 11.8. The summed E-state index contributed by atoms with van der Waals surface area (Å²) in [6.45, 7) is 5.30. The summed E-state index contributed by atoms with van der Waals surface area (Å²) in [5.74, 6) is 0.892. The van der Waals surface area contributed by atoms with Crippen LogP contribution in [0.1, 0.15) is 32.6 Å². The predicted octanol–water partition coefficient (Wildman–Crippen LogP) is 2.31. The molecule has 106 valence electrons. The first kappa shape index (κ1) is 17.7. The van der Waals surface area contributed by atoms with Gasteiger partial charge in [0.1, 0.15) is 0 Å². The van der Waals surface area contributed by atoms with Gasteiger partial charge in [-0.1, -0.05) is 11.6 Å². The zero-order valence-electron chi connectivity index (χ0n) is 11.5. The maximum Gasteiger partial charge on any atom is 0.191 e. The number of hydrogen-bond donors (Lipinski definition) is 2. The van der Waals surface area contributed by atoms with Crippen molar-refractivity contribution in [1.29, 1.82) is 0 Å². The number of rotatable bonds is 7. The van der Waals surface area contributed by atoms with E-state index >= 15 is 0 Å². The van der Waals surface area contributed by atoms with Crippen LogP contribution in [0.5, 0.6) is 0 Å². The molecule has 0 saturated heterocycles. The fraction of sp³-hybridized carbons (Fsp3) is 0.769. The second-order valence-corrected chi connectivity index (χ2v) is 4.18. The molecule has 0 unspecified atom stereocenters. The minimum Gasteiger partial charge on any atom is -0.383 e. The van der Waals surface area contributed by atoms with E-state index in [0.29, 0.717) is 13.2 Å². The third-order valence-corrected chi connectivity index (χ3v) is 2.78. The van der Waals surface area contributed by atoms with Crippen LogP contribution in [0.3, 0.4) is 0 Å². The number of aliphatic imine (C=N–C) groups is 1. The Kier molecular flexibility index (Phi) is 11.6. The maximum absolute atomic E-state index is 4.98. The number of hydrogen-bond acceptors (Lipinski definition) is 2. The minimum absolute atomic E-state index is 0. The molecule has 2 N–H and O–H groups in total. The number of guanidine groups is 1. The van der Waals surface area contributed by atoms with E-state index in [1.165, 1.54) is 19.3 Å². The van der Waals surface area contributed by atoms with Crippen molar-refractivity contribution in [1.82, 2.24) is 10.6 Å². The molecule has 18 heavy (non-hydrogen) atoms. The van der Waals surface area contributed by atoms with Crippen LogP contribution in [-0.2, 0) is 4.74 Å². The van der Waals surface area contributed by atoms with Gasteiger partial charge in [-0.25, -0.2) is 0 Å². The minimum atomic E-state index is 0. The molecule has 5 heteroatoms. The van der Waals surface area contributed by atoms with Gasteiger partial charge < -0.3 is 15.4 Å². The number of methoxy groups -OCH3 is 1. The zero-order chi connectivity index (χ0) is 12.3. The van der Waals surface area contributed by atoms with Crippen LogP contribution in [0.15, 0.2) is 16.6 Å². The standard InChI is InChI=1S/C13H25N3O.HI/c1-3-14-13(16-10-11-17-2)15-9-8-12-6-4-5-7-12;/h6H,3-5,7-11H2,1-2H3,(H2,14,15,16);1H. The van der Waals surface area contributed by atoms with E-state index in [4.69, 9.17) is 4.74 Å². The first-order valence-corrected chi connectivity index (χ1v) is 6.56. The van der Waals surface area contributed by atoms with Crippen LogP contribution in [0.2, 0.25) is 0 Å². The molecule has 0 aromatic rings. The molecule has 0 saturated carbocycles. The van der Waals surface area contributed by atoms with Gasteiger partial charge in [-0.15, -0.1) is 24.0 Å². The SMILES string of the molecule is CCNC(=NCCOC)NCCC1=CCCC1.I. The molecule has 1 rings (SSSR count). The Morgan fingerprint density at radius 1 is 1.44 bits per heavy atom. The summed E-state index contributed by atoms with van der Waals surface area (Å²) in [6, 6.07) is 0. The monoisotopic (exact) mass is 367 g/mol. The Hall–Kier alpha value is -0.300. The van der Waals surface area contributed by atoms with Crippen molar-refractivity contribution in [3.8, 4) is 0 Å². The highest BCUT2D eigenvalue weighted by molar-refractivity contribution is 14.0. The summed E-state index contributed by atoms with van der Waals surface area (Å²) in [6.07, 6.45) is 7.37. The summed E-state index contributed by atoms with van der Waals surface area (Å²) in [5.41, 5.74) is 1.59. The van der Waals surface area contributed by atoms with Crippen LogP contribution in [0, 0.1) is 0 Å². The summed E-state index contributed by atoms with van der Waals surface area (Å²) in [7, 11) is 1.70. The molecule has 0 radical (unpaired) electrons. The highest BCUT2D eigenvalue weighted by Gasteiger charge is 2.04. The van der Waals surface area contributed by atoms with Gasteiger partial charge in [0.2, 0.25) is 0 Å². The molecule has 1 aliphatic rings. The first-order valence-electron chi connectivity index (χ1n) is 6.56. The van der Waals surface area contributed by atoms with Gasteiger partial charge in [-0.05, 0) is 32.6 Å². The van der Waals surface area contributed by atoms with E-state index < -0.39 is 0 Å². The number of allylic oxidation sites excluding steroid dienone is 1. The Morgan fingerprint density at radius 2 is 2.28 bits per heavy atom. The van der Waals surface area contributed by atoms with Crippen LogP contribution < -0.4 is 10.6 Å². The van der Waals surface area contributed by atoms with E-state index in [9.17, 15) is 0 Å². The van der Waals surface area contributed by atoms with Crippen LogP contribution >= 0.6 is 24.0 Å². The molecule has 0 atom stereocenters. The summed E-state index contributed by atoms with van der Waals surface area (Å²) in [4.78, 5) is 4.42. The number of nitrogens with one attached hydrogen (secondary N) is 2. The average Bonchev–Trinajstić information content (AvgIpc) is 2.82. The lowest BCUT2D eigenvalue weighted by molar-refractivity contribution is 0.208. The predicted molar refractivity (Wildman–Crippen MR) is 87.8 cm³/mol. The van der Waals surface area contributed by atoms with Gasteiger partial charge in [-0.2, -0.15) is 0 Å². The smallest absolute Gasteiger partial charge is 0.191 e. The third-order valence-electron chi connectivity index (χ3n) is 2.78. The van der Waals surface area contributed by atoms with Crippen molar-refractivity contribution in [3.05, 3.63) is 11.6 Å². The van der Waals surface area contributed by atoms with Crippen molar-refractivity contribution in [2.24, 2.45) is 4.99 Å². The van der Waals surface area contributed by atoms with Crippen molar-refractivity contribution in [2.75, 3.05) is 33.4 Å². The molecular weight excluding hydrogens is 341 g/mol. The average molecular weight is 367 g/mol. The van der Waals surface area contributed by atoms with Gasteiger partial charge in [0, 0.05) is 20.2 Å². The fourth-order valence-corrected chi connectivity index (χ4v) is 1.90.